The van der Waals surface area contributed by atoms with Gasteiger partial charge in [-0.15, -0.1) is 0 Å². The summed E-state index contributed by atoms with van der Waals surface area (Å²) in [5.74, 6) is 1.27. The van der Waals surface area contributed by atoms with E-state index in [2.05, 4.69) is 25.9 Å². The number of fused-ring (bicyclic) bond motifs is 1. The molecule has 1 aromatic carbocycles. The molecule has 2 heterocycles. The minimum Gasteiger partial charge on any atom is -0.497 e. The van der Waals surface area contributed by atoms with Gasteiger partial charge in [-0.25, -0.2) is 9.78 Å². The van der Waals surface area contributed by atoms with Crippen molar-refractivity contribution in [2.75, 3.05) is 37.4 Å². The van der Waals surface area contributed by atoms with Crippen molar-refractivity contribution in [2.24, 2.45) is 4.99 Å². The van der Waals surface area contributed by atoms with Crippen LogP contribution in [-0.2, 0) is 11.3 Å². The minimum absolute atomic E-state index is 0.312. The number of pyridine rings is 1. The second kappa shape index (κ2) is 9.00. The van der Waals surface area contributed by atoms with Crippen LogP contribution >= 0.6 is 0 Å². The van der Waals surface area contributed by atoms with E-state index >= 15 is 0 Å². The zero-order chi connectivity index (χ0) is 19.1. The zero-order valence-electron chi connectivity index (χ0n) is 15.4. The monoisotopic (exact) mass is 369 g/mol. The van der Waals surface area contributed by atoms with Crippen molar-refractivity contribution in [1.82, 2.24) is 10.3 Å². The third kappa shape index (κ3) is 5.18. The van der Waals surface area contributed by atoms with Gasteiger partial charge in [-0.1, -0.05) is 12.1 Å². The first-order chi connectivity index (χ1) is 13.2. The molecular weight excluding hydrogens is 346 g/mol. The number of nitrogens with zero attached hydrogens (tertiary/aromatic N) is 2. The number of hydrogen-bond donors (Lipinski definition) is 3. The third-order valence-corrected chi connectivity index (χ3v) is 3.97. The summed E-state index contributed by atoms with van der Waals surface area (Å²) in [5, 5.41) is 9.27. The van der Waals surface area contributed by atoms with E-state index in [4.69, 9.17) is 9.47 Å². The summed E-state index contributed by atoms with van der Waals surface area (Å²) in [7, 11) is 1.66. The number of methoxy groups -OCH3 is 1. The Morgan fingerprint density at radius 3 is 2.81 bits per heavy atom. The van der Waals surface area contributed by atoms with Crippen molar-refractivity contribution in [3.63, 3.8) is 0 Å². The number of carbonyl (C=O) groups is 1. The van der Waals surface area contributed by atoms with Gasteiger partial charge in [-0.05, 0) is 24.6 Å². The van der Waals surface area contributed by atoms with Crippen molar-refractivity contribution in [3.8, 4) is 5.75 Å². The second-order valence-electron chi connectivity index (χ2n) is 5.92. The van der Waals surface area contributed by atoms with Crippen LogP contribution in [0.25, 0.3) is 0 Å². The van der Waals surface area contributed by atoms with Crippen LogP contribution in [0.2, 0.25) is 0 Å². The lowest BCUT2D eigenvalue weighted by molar-refractivity contribution is 0.168. The fourth-order valence-electron chi connectivity index (χ4n) is 2.62. The van der Waals surface area contributed by atoms with Crippen molar-refractivity contribution in [3.05, 3.63) is 42.1 Å². The lowest BCUT2D eigenvalue weighted by Gasteiger charge is -2.18. The maximum Gasteiger partial charge on any atom is 0.412 e. The maximum absolute atomic E-state index is 11.5. The van der Waals surface area contributed by atoms with Gasteiger partial charge in [0.1, 0.15) is 17.3 Å². The van der Waals surface area contributed by atoms with Crippen molar-refractivity contribution >= 4 is 29.0 Å². The average Bonchev–Trinajstić information content (AvgIpc) is 2.69. The van der Waals surface area contributed by atoms with Crippen LogP contribution in [0, 0.1) is 0 Å². The molecule has 0 aliphatic carbocycles. The highest BCUT2D eigenvalue weighted by atomic mass is 16.5. The van der Waals surface area contributed by atoms with Crippen LogP contribution in [0.4, 0.5) is 22.0 Å². The summed E-state index contributed by atoms with van der Waals surface area (Å²) in [6.45, 7) is 4.11. The number of aromatic nitrogens is 1. The molecule has 1 aromatic heterocycles. The molecule has 0 saturated carbocycles. The van der Waals surface area contributed by atoms with Gasteiger partial charge in [-0.3, -0.25) is 10.3 Å². The molecule has 8 heteroatoms. The summed E-state index contributed by atoms with van der Waals surface area (Å²) in [4.78, 5) is 20.3. The van der Waals surface area contributed by atoms with Crippen LogP contribution in [0.5, 0.6) is 5.75 Å². The van der Waals surface area contributed by atoms with Crippen molar-refractivity contribution in [2.45, 2.75) is 13.5 Å². The first-order valence-corrected chi connectivity index (χ1v) is 8.75. The lowest BCUT2D eigenvalue weighted by atomic mass is 10.2. The molecule has 0 bridgehead atoms. The van der Waals surface area contributed by atoms with Crippen LogP contribution in [0.15, 0.2) is 41.5 Å². The fraction of sp³-hybridized carbons (Fsp3) is 0.316. The number of anilines is 2. The number of ether oxygens (including phenoxy) is 2. The van der Waals surface area contributed by atoms with Crippen LogP contribution in [0.1, 0.15) is 12.5 Å². The Balaban J connectivity index is 1.55. The molecular formula is C19H23N5O3. The van der Waals surface area contributed by atoms with Crippen LogP contribution in [0.3, 0.4) is 0 Å². The van der Waals surface area contributed by atoms with Gasteiger partial charge < -0.3 is 20.1 Å². The van der Waals surface area contributed by atoms with E-state index in [-0.39, 0.29) is 0 Å². The number of carbonyl (C=O) groups excluding carboxylic acids is 1. The van der Waals surface area contributed by atoms with Gasteiger partial charge >= 0.3 is 6.09 Å². The van der Waals surface area contributed by atoms with Gasteiger partial charge in [0.2, 0.25) is 0 Å². The normalized spacial score (nSPS) is 12.4. The largest absolute Gasteiger partial charge is 0.497 e. The predicted octanol–water partition coefficient (Wildman–Crippen LogP) is 2.95. The molecule has 1 aliphatic rings. The number of benzene rings is 1. The number of hydrogen-bond acceptors (Lipinski definition) is 7. The van der Waals surface area contributed by atoms with Crippen LogP contribution < -0.4 is 20.7 Å². The molecule has 0 unspecified atom stereocenters. The van der Waals surface area contributed by atoms with Crippen molar-refractivity contribution in [1.29, 1.82) is 0 Å². The molecule has 142 valence electrons. The SMILES string of the molecule is CCOC(=O)Nc1cc2c(cn1)N=C(CNCc1ccc(OC)cc1)CN2. The molecule has 27 heavy (non-hydrogen) atoms. The van der Waals surface area contributed by atoms with Gasteiger partial charge in [0.05, 0.1) is 37.9 Å². The Kier molecular flexibility index (Phi) is 6.22. The molecule has 0 radical (unpaired) electrons. The highest BCUT2D eigenvalue weighted by Gasteiger charge is 2.13. The third-order valence-electron chi connectivity index (χ3n) is 3.97. The van der Waals surface area contributed by atoms with Gasteiger partial charge in [-0.2, -0.15) is 0 Å². The number of amides is 1. The Hall–Kier alpha value is -3.13. The molecule has 0 fully saturated rings. The second-order valence-corrected chi connectivity index (χ2v) is 5.92. The fourth-order valence-corrected chi connectivity index (χ4v) is 2.62. The Bertz CT molecular complexity index is 821. The molecule has 8 nitrogen and oxygen atoms in total. The molecule has 3 rings (SSSR count). The summed E-state index contributed by atoms with van der Waals surface area (Å²) < 4.78 is 10.0. The molecule has 1 aliphatic heterocycles. The first kappa shape index (κ1) is 18.7. The Labute approximate surface area is 158 Å². The van der Waals surface area contributed by atoms with Crippen molar-refractivity contribution < 1.29 is 14.3 Å². The standard InChI is InChI=1S/C19H23N5O3/c1-3-27-19(25)24-18-8-16-17(12-22-18)23-14(11-21-16)10-20-9-13-4-6-15(26-2)7-5-13/h4-8,12,20-21H,3,9-11H2,1-2H3,(H,22,24,25). The maximum atomic E-state index is 11.5. The minimum atomic E-state index is -0.521. The van der Waals surface area contributed by atoms with E-state index in [0.29, 0.717) is 25.5 Å². The first-order valence-electron chi connectivity index (χ1n) is 8.75. The Morgan fingerprint density at radius 1 is 1.26 bits per heavy atom. The molecule has 3 N–H and O–H groups in total. The summed E-state index contributed by atoms with van der Waals surface area (Å²) in [6.07, 6.45) is 1.11. The van der Waals surface area contributed by atoms with Gasteiger partial charge in [0.15, 0.2) is 0 Å². The van der Waals surface area contributed by atoms with Gasteiger partial charge in [0.25, 0.3) is 0 Å². The molecule has 0 atom stereocenters. The predicted molar refractivity (Wildman–Crippen MR) is 105 cm³/mol. The summed E-state index contributed by atoms with van der Waals surface area (Å²) >= 11 is 0. The number of rotatable bonds is 7. The van der Waals surface area contributed by atoms with E-state index in [0.717, 1.165) is 29.4 Å². The molecule has 0 spiro atoms. The quantitative estimate of drug-likeness (QED) is 0.694. The molecule has 2 aromatic rings. The van der Waals surface area contributed by atoms with E-state index < -0.39 is 6.09 Å². The van der Waals surface area contributed by atoms with E-state index in [1.807, 2.05) is 24.3 Å². The van der Waals surface area contributed by atoms with Gasteiger partial charge in [0, 0.05) is 19.2 Å². The van der Waals surface area contributed by atoms with E-state index in [9.17, 15) is 4.79 Å². The zero-order valence-corrected chi connectivity index (χ0v) is 15.4. The highest BCUT2D eigenvalue weighted by molar-refractivity contribution is 5.97. The van der Waals surface area contributed by atoms with E-state index in [1.165, 1.54) is 5.56 Å². The summed E-state index contributed by atoms with van der Waals surface area (Å²) in [6, 6.07) is 9.70. The van der Waals surface area contributed by atoms with E-state index in [1.54, 1.807) is 26.3 Å². The van der Waals surface area contributed by atoms with Crippen LogP contribution in [-0.4, -0.2) is 43.6 Å². The molecule has 1 amide bonds. The number of nitrogens with one attached hydrogen (secondary N) is 3. The topological polar surface area (TPSA) is 96.9 Å². The average molecular weight is 369 g/mol. The highest BCUT2D eigenvalue weighted by Crippen LogP contribution is 2.29. The smallest absolute Gasteiger partial charge is 0.412 e. The lowest BCUT2D eigenvalue weighted by Crippen LogP contribution is -2.29. The molecule has 0 saturated heterocycles. The summed E-state index contributed by atoms with van der Waals surface area (Å²) in [5.41, 5.74) is 3.74. The Morgan fingerprint density at radius 2 is 2.07 bits per heavy atom. The number of aliphatic imine (C=N–C) groups is 1.